The van der Waals surface area contributed by atoms with Crippen molar-refractivity contribution in [3.63, 3.8) is 0 Å². The van der Waals surface area contributed by atoms with Crippen molar-refractivity contribution in [3.8, 4) is 0 Å². The summed E-state index contributed by atoms with van der Waals surface area (Å²) in [5, 5.41) is 19.3. The lowest BCUT2D eigenvalue weighted by atomic mass is 9.84. The van der Waals surface area contributed by atoms with Crippen LogP contribution in [0.5, 0.6) is 0 Å². The number of aliphatic hydroxyl groups excluding tert-OH is 1. The Hall–Kier alpha value is -2.48. The largest absolute Gasteiger partial charge is 0.483 e. The number of pyridine rings is 1. The summed E-state index contributed by atoms with van der Waals surface area (Å²) in [4.78, 5) is 39.2. The van der Waals surface area contributed by atoms with Crippen LogP contribution in [0.15, 0.2) is 24.5 Å². The Labute approximate surface area is 177 Å². The van der Waals surface area contributed by atoms with Crippen molar-refractivity contribution >= 4 is 18.3 Å². The van der Waals surface area contributed by atoms with Crippen molar-refractivity contribution in [2.45, 2.75) is 57.4 Å². The van der Waals surface area contributed by atoms with Crippen LogP contribution < -0.4 is 5.32 Å². The van der Waals surface area contributed by atoms with E-state index in [9.17, 15) is 14.7 Å². The number of carboxylic acid groups (broad SMARTS) is 1. The summed E-state index contributed by atoms with van der Waals surface area (Å²) in [5.74, 6) is 0.814. The van der Waals surface area contributed by atoms with E-state index in [0.29, 0.717) is 12.3 Å². The molecular weight excluding hydrogens is 386 g/mol. The van der Waals surface area contributed by atoms with Gasteiger partial charge in [-0.25, -0.2) is 0 Å². The van der Waals surface area contributed by atoms with Crippen LogP contribution in [-0.2, 0) is 20.8 Å². The predicted octanol–water partition coefficient (Wildman–Crippen LogP) is 1.62. The zero-order valence-corrected chi connectivity index (χ0v) is 17.4. The van der Waals surface area contributed by atoms with Gasteiger partial charge in [0.15, 0.2) is 0 Å². The van der Waals surface area contributed by atoms with E-state index < -0.39 is 0 Å². The number of hydrogen-bond acceptors (Lipinski definition) is 5. The van der Waals surface area contributed by atoms with Gasteiger partial charge in [0.1, 0.15) is 0 Å². The number of carbonyl (C=O) groups is 3. The minimum absolute atomic E-state index is 0.0904. The molecule has 1 aromatic rings. The lowest BCUT2D eigenvalue weighted by Gasteiger charge is -2.36. The quantitative estimate of drug-likeness (QED) is 0.603. The van der Waals surface area contributed by atoms with Crippen molar-refractivity contribution in [1.29, 1.82) is 0 Å². The zero-order valence-electron chi connectivity index (χ0n) is 17.4. The van der Waals surface area contributed by atoms with Gasteiger partial charge in [0.2, 0.25) is 11.8 Å². The fraction of sp³-hybridized carbons (Fsp3) is 0.636. The summed E-state index contributed by atoms with van der Waals surface area (Å²) in [6, 6.07) is 4.07. The molecule has 3 rings (SSSR count). The second-order valence-corrected chi connectivity index (χ2v) is 8.03. The second kappa shape index (κ2) is 13.0. The highest BCUT2D eigenvalue weighted by Crippen LogP contribution is 2.28. The molecule has 1 aliphatic carbocycles. The van der Waals surface area contributed by atoms with Crippen LogP contribution in [0.4, 0.5) is 0 Å². The van der Waals surface area contributed by atoms with Crippen molar-refractivity contribution in [2.24, 2.45) is 11.8 Å². The van der Waals surface area contributed by atoms with Crippen LogP contribution in [-0.4, -0.2) is 64.1 Å². The molecule has 1 saturated carbocycles. The molecule has 30 heavy (non-hydrogen) atoms. The molecule has 3 N–H and O–H groups in total. The predicted molar refractivity (Wildman–Crippen MR) is 112 cm³/mol. The Balaban J connectivity index is 0.00000101. The number of aryl methyl sites for hydroxylation is 1. The summed E-state index contributed by atoms with van der Waals surface area (Å²) in [5.41, 5.74) is 1.12. The zero-order chi connectivity index (χ0) is 21.8. The molecule has 2 fully saturated rings. The Morgan fingerprint density at radius 3 is 2.27 bits per heavy atom. The average Bonchev–Trinajstić information content (AvgIpc) is 2.79. The molecule has 8 nitrogen and oxygen atoms in total. The van der Waals surface area contributed by atoms with Crippen LogP contribution in [0.25, 0.3) is 0 Å². The Kier molecular flexibility index (Phi) is 10.3. The molecule has 0 bridgehead atoms. The minimum Gasteiger partial charge on any atom is -0.483 e. The molecule has 2 amide bonds. The maximum absolute atomic E-state index is 12.7. The molecule has 0 unspecified atom stereocenters. The first-order valence-electron chi connectivity index (χ1n) is 10.7. The van der Waals surface area contributed by atoms with Gasteiger partial charge >= 0.3 is 0 Å². The summed E-state index contributed by atoms with van der Waals surface area (Å²) < 4.78 is 0. The third-order valence-corrected chi connectivity index (χ3v) is 6.02. The van der Waals surface area contributed by atoms with E-state index in [4.69, 9.17) is 9.90 Å². The first-order valence-corrected chi connectivity index (χ1v) is 10.7. The standard InChI is InChI=1S/C21H31N3O3.CH2O2/c25-15-17-9-13-24(14-10-17)21(27)18-2-4-19(5-3-18)23-20(26)6-1-16-7-11-22-12-8-16;2-1-3/h7-8,11-12,17-19,25H,1-6,9-10,13-15H2,(H,23,26);1H,(H,2,3). The Morgan fingerprint density at radius 1 is 1.10 bits per heavy atom. The van der Waals surface area contributed by atoms with Crippen molar-refractivity contribution in [2.75, 3.05) is 19.7 Å². The lowest BCUT2D eigenvalue weighted by molar-refractivity contribution is -0.138. The molecule has 166 valence electrons. The second-order valence-electron chi connectivity index (χ2n) is 8.03. The van der Waals surface area contributed by atoms with E-state index in [1.54, 1.807) is 12.4 Å². The molecule has 0 aromatic carbocycles. The SMILES string of the molecule is O=C(CCc1ccncc1)NC1CCC(C(=O)N2CCC(CO)CC2)CC1.O=CO. The van der Waals surface area contributed by atoms with Crippen molar-refractivity contribution in [1.82, 2.24) is 15.2 Å². The smallest absolute Gasteiger partial charge is 0.290 e. The first kappa shape index (κ1) is 23.8. The summed E-state index contributed by atoms with van der Waals surface area (Å²) >= 11 is 0. The van der Waals surface area contributed by atoms with Gasteiger partial charge in [-0.05, 0) is 68.6 Å². The van der Waals surface area contributed by atoms with E-state index >= 15 is 0 Å². The Bertz CT molecular complexity index is 654. The highest BCUT2D eigenvalue weighted by Gasteiger charge is 2.31. The molecule has 1 aliphatic heterocycles. The van der Waals surface area contributed by atoms with Crippen LogP contribution in [0.2, 0.25) is 0 Å². The van der Waals surface area contributed by atoms with Gasteiger partial charge in [0.05, 0.1) is 0 Å². The molecular formula is C22H33N3O5. The first-order chi connectivity index (χ1) is 14.6. The van der Waals surface area contributed by atoms with Gasteiger partial charge in [-0.2, -0.15) is 0 Å². The highest BCUT2D eigenvalue weighted by atomic mass is 16.3. The van der Waals surface area contributed by atoms with E-state index in [1.165, 1.54) is 0 Å². The van der Waals surface area contributed by atoms with Crippen LogP contribution in [0.3, 0.4) is 0 Å². The van der Waals surface area contributed by atoms with Crippen LogP contribution in [0, 0.1) is 11.8 Å². The van der Waals surface area contributed by atoms with Crippen molar-refractivity contribution in [3.05, 3.63) is 30.1 Å². The fourth-order valence-electron chi connectivity index (χ4n) is 4.19. The normalized spacial score (nSPS) is 21.8. The van der Waals surface area contributed by atoms with Crippen LogP contribution >= 0.6 is 0 Å². The maximum Gasteiger partial charge on any atom is 0.290 e. The van der Waals surface area contributed by atoms with E-state index in [2.05, 4.69) is 10.3 Å². The molecule has 2 heterocycles. The number of amides is 2. The number of rotatable bonds is 6. The summed E-state index contributed by atoms with van der Waals surface area (Å²) in [6.45, 7) is 1.53. The number of aliphatic hydroxyl groups is 1. The number of nitrogens with one attached hydrogen (secondary N) is 1. The van der Waals surface area contributed by atoms with Gasteiger partial charge in [0.25, 0.3) is 6.47 Å². The molecule has 1 aromatic heterocycles. The summed E-state index contributed by atoms with van der Waals surface area (Å²) in [6.07, 6.45) is 10.00. The maximum atomic E-state index is 12.7. The van der Waals surface area contributed by atoms with Crippen molar-refractivity contribution < 1.29 is 24.6 Å². The highest BCUT2D eigenvalue weighted by molar-refractivity contribution is 5.79. The van der Waals surface area contributed by atoms with E-state index in [1.807, 2.05) is 17.0 Å². The Morgan fingerprint density at radius 2 is 1.70 bits per heavy atom. The van der Waals surface area contributed by atoms with E-state index in [-0.39, 0.29) is 36.9 Å². The molecule has 0 radical (unpaired) electrons. The molecule has 2 aliphatic rings. The van der Waals surface area contributed by atoms with Gasteiger partial charge in [0, 0.05) is 50.5 Å². The number of hydrogen-bond donors (Lipinski definition) is 3. The van der Waals surface area contributed by atoms with E-state index in [0.717, 1.165) is 63.6 Å². The van der Waals surface area contributed by atoms with Crippen LogP contribution in [0.1, 0.15) is 50.5 Å². The average molecular weight is 420 g/mol. The lowest BCUT2D eigenvalue weighted by Crippen LogP contribution is -2.45. The third-order valence-electron chi connectivity index (χ3n) is 6.02. The number of likely N-dealkylation sites (tertiary alicyclic amines) is 1. The van der Waals surface area contributed by atoms with Gasteiger partial charge < -0.3 is 20.4 Å². The molecule has 1 saturated heterocycles. The monoisotopic (exact) mass is 419 g/mol. The molecule has 0 spiro atoms. The number of carbonyl (C=O) groups excluding carboxylic acids is 2. The van der Waals surface area contributed by atoms with Gasteiger partial charge in [-0.1, -0.05) is 0 Å². The number of aromatic nitrogens is 1. The summed E-state index contributed by atoms with van der Waals surface area (Å²) in [7, 11) is 0. The van der Waals surface area contributed by atoms with Gasteiger partial charge in [-0.15, -0.1) is 0 Å². The molecule has 8 heteroatoms. The molecule has 0 atom stereocenters. The number of piperidine rings is 1. The topological polar surface area (TPSA) is 120 Å². The number of nitrogens with zero attached hydrogens (tertiary/aromatic N) is 2. The third kappa shape index (κ3) is 7.74. The fourth-order valence-corrected chi connectivity index (χ4v) is 4.19. The van der Waals surface area contributed by atoms with Gasteiger partial charge in [-0.3, -0.25) is 19.4 Å². The minimum atomic E-state index is -0.250.